The largest absolute Gasteiger partial charge is 0.381 e. The van der Waals surface area contributed by atoms with Gasteiger partial charge >= 0.3 is 0 Å². The van der Waals surface area contributed by atoms with Crippen LogP contribution >= 0.6 is 11.6 Å². The lowest BCUT2D eigenvalue weighted by Crippen LogP contribution is -2.10. The Kier molecular flexibility index (Phi) is 3.99. The molecule has 1 saturated heterocycles. The topological polar surface area (TPSA) is 39.9 Å². The zero-order valence-electron chi connectivity index (χ0n) is 10.9. The van der Waals surface area contributed by atoms with Crippen molar-refractivity contribution >= 4 is 22.8 Å². The SMILES string of the molecule is ClCCc1nc2cccnc2n1CCC1CCOC1. The monoisotopic (exact) mass is 279 g/mol. The highest BCUT2D eigenvalue weighted by molar-refractivity contribution is 6.17. The molecule has 0 N–H and O–H groups in total. The third kappa shape index (κ3) is 2.74. The van der Waals surface area contributed by atoms with Crippen LogP contribution in [-0.2, 0) is 17.7 Å². The molecule has 0 aromatic carbocycles. The van der Waals surface area contributed by atoms with Crippen LogP contribution in [0.5, 0.6) is 0 Å². The second kappa shape index (κ2) is 5.88. The number of hydrogen-bond donors (Lipinski definition) is 0. The molecule has 0 amide bonds. The number of ether oxygens (including phenoxy) is 1. The Morgan fingerprint density at radius 1 is 1.47 bits per heavy atom. The molecule has 0 radical (unpaired) electrons. The van der Waals surface area contributed by atoms with Crippen LogP contribution in [0.3, 0.4) is 0 Å². The molecule has 3 rings (SSSR count). The Balaban J connectivity index is 1.84. The number of fused-ring (bicyclic) bond motifs is 1. The van der Waals surface area contributed by atoms with Gasteiger partial charge in [-0.2, -0.15) is 0 Å². The van der Waals surface area contributed by atoms with Gasteiger partial charge in [-0.1, -0.05) is 0 Å². The molecule has 4 nitrogen and oxygen atoms in total. The molecule has 0 bridgehead atoms. The summed E-state index contributed by atoms with van der Waals surface area (Å²) in [6.07, 6.45) is 4.91. The lowest BCUT2D eigenvalue weighted by molar-refractivity contribution is 0.183. The third-order valence-electron chi connectivity index (χ3n) is 3.69. The van der Waals surface area contributed by atoms with Crippen molar-refractivity contribution in [2.45, 2.75) is 25.8 Å². The van der Waals surface area contributed by atoms with Gasteiger partial charge in [-0.05, 0) is 30.9 Å². The predicted octanol–water partition coefficient (Wildman–Crippen LogP) is 2.64. The summed E-state index contributed by atoms with van der Waals surface area (Å²) >= 11 is 5.87. The molecule has 5 heteroatoms. The van der Waals surface area contributed by atoms with Gasteiger partial charge in [0.2, 0.25) is 0 Å². The van der Waals surface area contributed by atoms with Crippen LogP contribution in [0.4, 0.5) is 0 Å². The van der Waals surface area contributed by atoms with Crippen molar-refractivity contribution in [2.24, 2.45) is 5.92 Å². The Morgan fingerprint density at radius 3 is 3.21 bits per heavy atom. The van der Waals surface area contributed by atoms with Crippen LogP contribution in [-0.4, -0.2) is 33.6 Å². The predicted molar refractivity (Wildman–Crippen MR) is 75.5 cm³/mol. The minimum atomic E-state index is 0.593. The van der Waals surface area contributed by atoms with Gasteiger partial charge in [0.1, 0.15) is 11.3 Å². The van der Waals surface area contributed by atoms with Gasteiger partial charge in [0.05, 0.1) is 0 Å². The first-order valence-corrected chi connectivity index (χ1v) is 7.36. The fourth-order valence-electron chi connectivity index (χ4n) is 2.64. The van der Waals surface area contributed by atoms with Crippen molar-refractivity contribution < 1.29 is 4.74 Å². The van der Waals surface area contributed by atoms with Crippen molar-refractivity contribution in [1.29, 1.82) is 0 Å². The fraction of sp³-hybridized carbons (Fsp3) is 0.571. The molecule has 0 saturated carbocycles. The van der Waals surface area contributed by atoms with Crippen LogP contribution in [0.1, 0.15) is 18.7 Å². The molecule has 102 valence electrons. The highest BCUT2D eigenvalue weighted by Gasteiger charge is 2.17. The Hall–Kier alpha value is -1.13. The molecule has 1 fully saturated rings. The Bertz CT molecular complexity index is 549. The number of hydrogen-bond acceptors (Lipinski definition) is 3. The van der Waals surface area contributed by atoms with E-state index in [9.17, 15) is 0 Å². The molecule has 1 aliphatic heterocycles. The number of aromatic nitrogens is 3. The van der Waals surface area contributed by atoms with E-state index >= 15 is 0 Å². The smallest absolute Gasteiger partial charge is 0.159 e. The zero-order valence-corrected chi connectivity index (χ0v) is 11.6. The summed E-state index contributed by atoms with van der Waals surface area (Å²) in [5, 5.41) is 0. The normalized spacial score (nSPS) is 19.3. The number of halogens is 1. The van der Waals surface area contributed by atoms with Gasteiger partial charge < -0.3 is 9.30 Å². The van der Waals surface area contributed by atoms with Gasteiger partial charge in [-0.25, -0.2) is 9.97 Å². The first kappa shape index (κ1) is 12.9. The van der Waals surface area contributed by atoms with E-state index in [4.69, 9.17) is 16.3 Å². The second-order valence-corrected chi connectivity index (χ2v) is 5.36. The van der Waals surface area contributed by atoms with Crippen LogP contribution < -0.4 is 0 Å². The molecule has 1 aliphatic rings. The lowest BCUT2D eigenvalue weighted by Gasteiger charge is -2.11. The third-order valence-corrected chi connectivity index (χ3v) is 3.87. The van der Waals surface area contributed by atoms with E-state index in [2.05, 4.69) is 14.5 Å². The maximum Gasteiger partial charge on any atom is 0.159 e. The molecule has 1 unspecified atom stereocenters. The zero-order chi connectivity index (χ0) is 13.1. The lowest BCUT2D eigenvalue weighted by atomic mass is 10.1. The molecule has 0 spiro atoms. The summed E-state index contributed by atoms with van der Waals surface area (Å²) in [4.78, 5) is 9.09. The molecular formula is C14H18ClN3O. The highest BCUT2D eigenvalue weighted by atomic mass is 35.5. The van der Waals surface area contributed by atoms with E-state index in [1.807, 2.05) is 18.3 Å². The summed E-state index contributed by atoms with van der Waals surface area (Å²) in [7, 11) is 0. The molecule has 1 atom stereocenters. The van der Waals surface area contributed by atoms with Gasteiger partial charge in [0.15, 0.2) is 5.65 Å². The van der Waals surface area contributed by atoms with Crippen molar-refractivity contribution in [3.05, 3.63) is 24.2 Å². The fourth-order valence-corrected chi connectivity index (χ4v) is 2.81. The molecule has 19 heavy (non-hydrogen) atoms. The summed E-state index contributed by atoms with van der Waals surface area (Å²) in [6, 6.07) is 3.93. The van der Waals surface area contributed by atoms with Gasteiger partial charge in [-0.3, -0.25) is 0 Å². The highest BCUT2D eigenvalue weighted by Crippen LogP contribution is 2.20. The standard InChI is InChI=1S/C14H18ClN3O/c15-6-3-13-17-12-2-1-7-16-14(12)18(13)8-4-11-5-9-19-10-11/h1-2,7,11H,3-6,8-10H2. The van der Waals surface area contributed by atoms with Crippen molar-refractivity contribution in [3.63, 3.8) is 0 Å². The number of imidazole rings is 1. The summed E-state index contributed by atoms with van der Waals surface area (Å²) in [5.74, 6) is 2.31. The van der Waals surface area contributed by atoms with E-state index in [1.165, 1.54) is 6.42 Å². The van der Waals surface area contributed by atoms with Gasteiger partial charge in [-0.15, -0.1) is 11.6 Å². The van der Waals surface area contributed by atoms with Crippen LogP contribution in [0, 0.1) is 5.92 Å². The van der Waals surface area contributed by atoms with Crippen molar-refractivity contribution in [2.75, 3.05) is 19.1 Å². The van der Waals surface area contributed by atoms with Crippen LogP contribution in [0.25, 0.3) is 11.2 Å². The first-order chi connectivity index (χ1) is 9.38. The van der Waals surface area contributed by atoms with E-state index in [1.54, 1.807) is 0 Å². The molecule has 2 aromatic rings. The maximum atomic E-state index is 5.87. The molecule has 2 aromatic heterocycles. The van der Waals surface area contributed by atoms with Gasteiger partial charge in [0.25, 0.3) is 0 Å². The molecule has 0 aliphatic carbocycles. The quantitative estimate of drug-likeness (QED) is 0.790. The van der Waals surface area contributed by atoms with E-state index in [0.717, 1.165) is 49.6 Å². The Labute approximate surface area is 117 Å². The minimum absolute atomic E-state index is 0.593. The molecule has 3 heterocycles. The van der Waals surface area contributed by atoms with E-state index in [0.29, 0.717) is 11.8 Å². The van der Waals surface area contributed by atoms with Crippen LogP contribution in [0.15, 0.2) is 18.3 Å². The average Bonchev–Trinajstić information content (AvgIpc) is 3.04. The number of rotatable bonds is 5. The van der Waals surface area contributed by atoms with E-state index in [-0.39, 0.29) is 0 Å². The van der Waals surface area contributed by atoms with Crippen molar-refractivity contribution in [1.82, 2.24) is 14.5 Å². The maximum absolute atomic E-state index is 5.87. The van der Waals surface area contributed by atoms with Gasteiger partial charge in [0, 0.05) is 38.3 Å². The molecular weight excluding hydrogens is 262 g/mol. The van der Waals surface area contributed by atoms with E-state index < -0.39 is 0 Å². The minimum Gasteiger partial charge on any atom is -0.381 e. The summed E-state index contributed by atoms with van der Waals surface area (Å²) < 4.78 is 7.65. The second-order valence-electron chi connectivity index (χ2n) is 4.98. The average molecular weight is 280 g/mol. The Morgan fingerprint density at radius 2 is 2.42 bits per heavy atom. The number of pyridine rings is 1. The van der Waals surface area contributed by atoms with Crippen molar-refractivity contribution in [3.8, 4) is 0 Å². The number of aryl methyl sites for hydroxylation is 2. The van der Waals surface area contributed by atoms with Crippen LogP contribution in [0.2, 0.25) is 0 Å². The number of alkyl halides is 1. The first-order valence-electron chi connectivity index (χ1n) is 6.82. The number of nitrogens with zero attached hydrogens (tertiary/aromatic N) is 3. The summed E-state index contributed by atoms with van der Waals surface area (Å²) in [6.45, 7) is 2.75. The summed E-state index contributed by atoms with van der Waals surface area (Å²) in [5.41, 5.74) is 1.94.